The average molecular weight is 441 g/mol. The van der Waals surface area contributed by atoms with Gasteiger partial charge in [0.1, 0.15) is 6.07 Å². The predicted molar refractivity (Wildman–Crippen MR) is 102 cm³/mol. The molecular weight excluding hydrogens is 426 g/mol. The molecule has 29 heavy (non-hydrogen) atoms. The van der Waals surface area contributed by atoms with E-state index in [9.17, 15) is 27.1 Å². The van der Waals surface area contributed by atoms with Gasteiger partial charge in [0.15, 0.2) is 27.1 Å². The molecule has 0 heterocycles. The summed E-state index contributed by atoms with van der Waals surface area (Å²) in [7, 11) is -3.87. The van der Waals surface area contributed by atoms with E-state index in [1.54, 1.807) is 0 Å². The molecule has 2 N–H and O–H groups in total. The Morgan fingerprint density at radius 3 is 2.48 bits per heavy atom. The number of carbonyl (C=O) groups is 1. The smallest absolute Gasteiger partial charge is 0.262 e. The topological polar surface area (TPSA) is 107 Å². The molecule has 1 fully saturated rings. The maximum atomic E-state index is 13.7. The number of carbonyl (C=O) groups excluding carboxylic acids is 1. The number of nitriles is 1. The second-order valence-corrected chi connectivity index (χ2v) is 9.44. The minimum atomic E-state index is -3.87. The number of nitrogens with one attached hydrogen (secondary N) is 1. The number of nitrogens with zero attached hydrogens (tertiary/aromatic N) is 1. The average Bonchev–Trinajstić information content (AvgIpc) is 3.49. The summed E-state index contributed by atoms with van der Waals surface area (Å²) in [4.78, 5) is 12.9. The molecule has 1 saturated carbocycles. The molecule has 0 aromatic heterocycles. The normalized spacial score (nSPS) is 16.0. The first-order valence-corrected chi connectivity index (χ1v) is 10.6. The SMILES string of the molecule is N#Cc1ccc(NC(=O)C(O)(CS(=O)(=O)C2CC2)c2ccc(F)c(F)c2)cc1Cl. The number of anilines is 1. The van der Waals surface area contributed by atoms with Gasteiger partial charge in [-0.1, -0.05) is 17.7 Å². The Hall–Kier alpha value is -2.54. The summed E-state index contributed by atoms with van der Waals surface area (Å²) in [5.74, 6) is -4.70. The van der Waals surface area contributed by atoms with Gasteiger partial charge >= 0.3 is 0 Å². The van der Waals surface area contributed by atoms with Crippen molar-refractivity contribution < 1.29 is 27.1 Å². The highest BCUT2D eigenvalue weighted by Crippen LogP contribution is 2.35. The van der Waals surface area contributed by atoms with Crippen LogP contribution in [-0.4, -0.2) is 30.4 Å². The van der Waals surface area contributed by atoms with E-state index in [0.29, 0.717) is 25.0 Å². The summed E-state index contributed by atoms with van der Waals surface area (Å²) in [5.41, 5.74) is -2.84. The maximum absolute atomic E-state index is 13.7. The van der Waals surface area contributed by atoms with Gasteiger partial charge in [0, 0.05) is 5.69 Å². The molecule has 1 unspecified atom stereocenters. The van der Waals surface area contributed by atoms with Gasteiger partial charge in [-0.3, -0.25) is 4.79 Å². The highest BCUT2D eigenvalue weighted by atomic mass is 35.5. The lowest BCUT2D eigenvalue weighted by Gasteiger charge is -2.27. The zero-order valence-corrected chi connectivity index (χ0v) is 16.4. The lowest BCUT2D eigenvalue weighted by atomic mass is 9.94. The van der Waals surface area contributed by atoms with Crippen LogP contribution in [0.3, 0.4) is 0 Å². The lowest BCUT2D eigenvalue weighted by Crippen LogP contribution is -2.46. The number of aliphatic hydroxyl groups is 1. The zero-order valence-electron chi connectivity index (χ0n) is 14.8. The number of rotatable bonds is 6. The van der Waals surface area contributed by atoms with Crippen LogP contribution in [0, 0.1) is 23.0 Å². The van der Waals surface area contributed by atoms with Crippen LogP contribution in [0.5, 0.6) is 0 Å². The van der Waals surface area contributed by atoms with Crippen molar-refractivity contribution in [2.45, 2.75) is 23.7 Å². The minimum absolute atomic E-state index is 0.0345. The van der Waals surface area contributed by atoms with Gasteiger partial charge in [-0.2, -0.15) is 5.26 Å². The molecule has 6 nitrogen and oxygen atoms in total. The third kappa shape index (κ3) is 4.40. The molecule has 0 radical (unpaired) electrons. The molecule has 10 heteroatoms. The number of sulfone groups is 1. The van der Waals surface area contributed by atoms with Crippen LogP contribution in [0.25, 0.3) is 0 Å². The summed E-state index contributed by atoms with van der Waals surface area (Å²) >= 11 is 5.92. The summed E-state index contributed by atoms with van der Waals surface area (Å²) in [5, 5.41) is 21.6. The number of benzene rings is 2. The van der Waals surface area contributed by atoms with Crippen LogP contribution in [0.2, 0.25) is 5.02 Å². The van der Waals surface area contributed by atoms with Crippen LogP contribution < -0.4 is 5.32 Å². The molecule has 152 valence electrons. The fourth-order valence-electron chi connectivity index (χ4n) is 2.79. The molecule has 1 aliphatic rings. The largest absolute Gasteiger partial charge is 0.374 e. The molecule has 3 rings (SSSR count). The van der Waals surface area contributed by atoms with E-state index in [0.717, 1.165) is 6.07 Å². The van der Waals surface area contributed by atoms with Gasteiger partial charge in [-0.05, 0) is 48.7 Å². The first-order chi connectivity index (χ1) is 13.6. The first-order valence-electron chi connectivity index (χ1n) is 8.47. The highest BCUT2D eigenvalue weighted by molar-refractivity contribution is 7.92. The quantitative estimate of drug-likeness (QED) is 0.718. The van der Waals surface area contributed by atoms with Crippen LogP contribution >= 0.6 is 11.6 Å². The molecule has 0 saturated heterocycles. The van der Waals surface area contributed by atoms with Crippen LogP contribution in [-0.2, 0) is 20.2 Å². The Bertz CT molecular complexity index is 1130. The number of amides is 1. The molecule has 0 spiro atoms. The van der Waals surface area contributed by atoms with E-state index >= 15 is 0 Å². The molecule has 1 aliphatic carbocycles. The van der Waals surface area contributed by atoms with Crippen molar-refractivity contribution in [2.75, 3.05) is 11.1 Å². The standard InChI is InChI=1S/C19H15ClF2N2O4S/c20-15-8-13(3-1-11(15)9-23)24-18(25)19(26,10-29(27,28)14-4-5-14)12-2-6-16(21)17(22)7-12/h1-3,6-8,14,26H,4-5,10H2,(H,24,25). The Labute approximate surface area is 170 Å². The fourth-order valence-corrected chi connectivity index (χ4v) is 4.98. The third-order valence-corrected chi connectivity index (χ3v) is 7.18. The first kappa shape index (κ1) is 21.2. The van der Waals surface area contributed by atoms with Crippen LogP contribution in [0.15, 0.2) is 36.4 Å². The molecule has 0 bridgehead atoms. The molecular formula is C19H15ClF2N2O4S. The summed E-state index contributed by atoms with van der Waals surface area (Å²) in [6.45, 7) is 0. The van der Waals surface area contributed by atoms with Crippen LogP contribution in [0.1, 0.15) is 24.0 Å². The highest BCUT2D eigenvalue weighted by Gasteiger charge is 2.47. The van der Waals surface area contributed by atoms with Gasteiger partial charge in [-0.25, -0.2) is 17.2 Å². The lowest BCUT2D eigenvalue weighted by molar-refractivity contribution is -0.132. The van der Waals surface area contributed by atoms with E-state index in [1.807, 2.05) is 6.07 Å². The Balaban J connectivity index is 1.99. The summed E-state index contributed by atoms with van der Waals surface area (Å²) < 4.78 is 52.0. The van der Waals surface area contributed by atoms with Gasteiger partial charge in [0.25, 0.3) is 5.91 Å². The van der Waals surface area contributed by atoms with Crippen LogP contribution in [0.4, 0.5) is 14.5 Å². The number of hydrogen-bond donors (Lipinski definition) is 2. The van der Waals surface area contributed by atoms with Crippen molar-refractivity contribution >= 4 is 33.0 Å². The minimum Gasteiger partial charge on any atom is -0.374 e. The fraction of sp³-hybridized carbons (Fsp3) is 0.263. The zero-order chi connectivity index (χ0) is 21.4. The second-order valence-electron chi connectivity index (χ2n) is 6.76. The molecule has 0 aliphatic heterocycles. The number of hydrogen-bond acceptors (Lipinski definition) is 5. The Kier molecular flexibility index (Phi) is 5.63. The van der Waals surface area contributed by atoms with E-state index in [4.69, 9.17) is 16.9 Å². The van der Waals surface area contributed by atoms with Gasteiger partial charge in [0.2, 0.25) is 0 Å². The monoisotopic (exact) mass is 440 g/mol. The van der Waals surface area contributed by atoms with Gasteiger partial charge < -0.3 is 10.4 Å². The van der Waals surface area contributed by atoms with Gasteiger partial charge in [0.05, 0.1) is 21.6 Å². The van der Waals surface area contributed by atoms with E-state index in [-0.39, 0.29) is 16.3 Å². The van der Waals surface area contributed by atoms with Crippen molar-refractivity contribution in [3.05, 3.63) is 64.2 Å². The summed E-state index contributed by atoms with van der Waals surface area (Å²) in [6.07, 6.45) is 0.812. The van der Waals surface area contributed by atoms with Gasteiger partial charge in [-0.15, -0.1) is 0 Å². The Morgan fingerprint density at radius 2 is 1.93 bits per heavy atom. The van der Waals surface area contributed by atoms with Crippen molar-refractivity contribution in [3.63, 3.8) is 0 Å². The second kappa shape index (κ2) is 7.71. The third-order valence-electron chi connectivity index (χ3n) is 4.56. The van der Waals surface area contributed by atoms with E-state index in [2.05, 4.69) is 5.32 Å². The van der Waals surface area contributed by atoms with Crippen molar-refractivity contribution in [2.24, 2.45) is 0 Å². The van der Waals surface area contributed by atoms with E-state index < -0.39 is 49.5 Å². The molecule has 1 amide bonds. The van der Waals surface area contributed by atoms with Crippen molar-refractivity contribution in [3.8, 4) is 6.07 Å². The Morgan fingerprint density at radius 1 is 1.24 bits per heavy atom. The molecule has 1 atom stereocenters. The summed E-state index contributed by atoms with van der Waals surface area (Å²) in [6, 6.07) is 7.99. The predicted octanol–water partition coefficient (Wildman–Crippen LogP) is 2.89. The van der Waals surface area contributed by atoms with Crippen molar-refractivity contribution in [1.82, 2.24) is 0 Å². The molecule has 2 aromatic carbocycles. The van der Waals surface area contributed by atoms with Crippen molar-refractivity contribution in [1.29, 1.82) is 5.26 Å². The molecule has 2 aromatic rings. The maximum Gasteiger partial charge on any atom is 0.262 e. The number of halogens is 3. The van der Waals surface area contributed by atoms with E-state index in [1.165, 1.54) is 18.2 Å².